The Kier molecular flexibility index (Phi) is 6.10. The highest BCUT2D eigenvalue weighted by Crippen LogP contribution is 2.26. The van der Waals surface area contributed by atoms with E-state index < -0.39 is 11.6 Å². The third-order valence-corrected chi connectivity index (χ3v) is 3.15. The molecule has 1 aromatic rings. The van der Waals surface area contributed by atoms with E-state index >= 15 is 0 Å². The number of aliphatic hydroxyl groups excluding tert-OH is 1. The minimum absolute atomic E-state index is 0.0708. The topological polar surface area (TPSA) is 35.5 Å². The summed E-state index contributed by atoms with van der Waals surface area (Å²) in [6.45, 7) is 10.1. The average Bonchev–Trinajstić information content (AvgIpc) is 2.33. The molecule has 0 fully saturated rings. The van der Waals surface area contributed by atoms with Crippen LogP contribution >= 0.6 is 0 Å². The molecule has 0 unspecified atom stereocenters. The molecule has 3 nitrogen and oxygen atoms in total. The predicted molar refractivity (Wildman–Crippen MR) is 82.5 cm³/mol. The Hall–Kier alpha value is -1.20. The molecule has 0 aliphatic heterocycles. The number of anilines is 1. The molecular weight excluding hydrogens is 274 g/mol. The standard InChI is InChI=1S/C16H26F2N2O/c1-11(2)20(6-7-21)15-13(17)8-12(9-14(15)18)10-19-16(3,4)5/h8-9,11,19,21H,6-7,10H2,1-5H3. The van der Waals surface area contributed by atoms with Crippen molar-refractivity contribution in [2.75, 3.05) is 18.1 Å². The molecule has 0 aliphatic carbocycles. The largest absolute Gasteiger partial charge is 0.395 e. The highest BCUT2D eigenvalue weighted by atomic mass is 19.1. The van der Waals surface area contributed by atoms with Crippen LogP contribution in [0.3, 0.4) is 0 Å². The molecule has 0 radical (unpaired) electrons. The van der Waals surface area contributed by atoms with Crippen molar-refractivity contribution in [1.82, 2.24) is 5.32 Å². The summed E-state index contributed by atoms with van der Waals surface area (Å²) in [7, 11) is 0. The van der Waals surface area contributed by atoms with Crippen LogP contribution < -0.4 is 10.2 Å². The summed E-state index contributed by atoms with van der Waals surface area (Å²) in [6.07, 6.45) is 0. The van der Waals surface area contributed by atoms with Crippen molar-refractivity contribution in [2.45, 2.75) is 52.7 Å². The van der Waals surface area contributed by atoms with Crippen LogP contribution in [0.25, 0.3) is 0 Å². The molecule has 5 heteroatoms. The average molecular weight is 300 g/mol. The van der Waals surface area contributed by atoms with Crippen molar-refractivity contribution in [3.63, 3.8) is 0 Å². The molecule has 21 heavy (non-hydrogen) atoms. The maximum atomic E-state index is 14.3. The van der Waals surface area contributed by atoms with E-state index in [0.29, 0.717) is 12.1 Å². The van der Waals surface area contributed by atoms with Gasteiger partial charge in [0.15, 0.2) is 0 Å². The van der Waals surface area contributed by atoms with Crippen LogP contribution in [-0.4, -0.2) is 29.8 Å². The van der Waals surface area contributed by atoms with Gasteiger partial charge in [-0.15, -0.1) is 0 Å². The number of halogens is 2. The van der Waals surface area contributed by atoms with Gasteiger partial charge in [0, 0.05) is 24.7 Å². The van der Waals surface area contributed by atoms with Crippen LogP contribution in [0.5, 0.6) is 0 Å². The van der Waals surface area contributed by atoms with E-state index in [4.69, 9.17) is 5.11 Å². The van der Waals surface area contributed by atoms with Gasteiger partial charge in [0.2, 0.25) is 0 Å². The monoisotopic (exact) mass is 300 g/mol. The number of aliphatic hydroxyl groups is 1. The Morgan fingerprint density at radius 2 is 1.71 bits per heavy atom. The van der Waals surface area contributed by atoms with Crippen molar-refractivity contribution in [3.05, 3.63) is 29.3 Å². The van der Waals surface area contributed by atoms with Crippen molar-refractivity contribution in [3.8, 4) is 0 Å². The summed E-state index contributed by atoms with van der Waals surface area (Å²) in [4.78, 5) is 1.53. The molecule has 0 amide bonds. The maximum absolute atomic E-state index is 14.3. The summed E-state index contributed by atoms with van der Waals surface area (Å²) in [5.41, 5.74) is 0.377. The van der Waals surface area contributed by atoms with Crippen LogP contribution in [-0.2, 0) is 6.54 Å². The van der Waals surface area contributed by atoms with Gasteiger partial charge in [-0.3, -0.25) is 0 Å². The van der Waals surface area contributed by atoms with E-state index in [1.165, 1.54) is 17.0 Å². The minimum Gasteiger partial charge on any atom is -0.395 e. The summed E-state index contributed by atoms with van der Waals surface area (Å²) in [5.74, 6) is -1.19. The van der Waals surface area contributed by atoms with Crippen LogP contribution in [0, 0.1) is 11.6 Å². The minimum atomic E-state index is -0.595. The second-order valence-corrected chi connectivity index (χ2v) is 6.52. The fourth-order valence-corrected chi connectivity index (χ4v) is 2.10. The summed E-state index contributed by atoms with van der Waals surface area (Å²) >= 11 is 0. The second kappa shape index (κ2) is 7.18. The Balaban J connectivity index is 3.04. The van der Waals surface area contributed by atoms with E-state index in [2.05, 4.69) is 5.32 Å². The first kappa shape index (κ1) is 17.9. The normalized spacial score (nSPS) is 12.0. The third-order valence-electron chi connectivity index (χ3n) is 3.15. The Morgan fingerprint density at radius 1 is 1.19 bits per heavy atom. The Morgan fingerprint density at radius 3 is 2.10 bits per heavy atom. The van der Waals surface area contributed by atoms with Gasteiger partial charge in [-0.2, -0.15) is 0 Å². The van der Waals surface area contributed by atoms with Gasteiger partial charge in [0.25, 0.3) is 0 Å². The van der Waals surface area contributed by atoms with Crippen molar-refractivity contribution in [2.24, 2.45) is 0 Å². The molecule has 0 saturated carbocycles. The lowest BCUT2D eigenvalue weighted by Gasteiger charge is -2.29. The predicted octanol–water partition coefficient (Wildman–Crippen LogP) is 3.06. The lowest BCUT2D eigenvalue weighted by Crippen LogP contribution is -2.36. The molecule has 1 aromatic carbocycles. The fourth-order valence-electron chi connectivity index (χ4n) is 2.10. The number of nitrogens with one attached hydrogen (secondary N) is 1. The highest BCUT2D eigenvalue weighted by Gasteiger charge is 2.20. The number of benzene rings is 1. The van der Waals surface area contributed by atoms with Gasteiger partial charge < -0.3 is 15.3 Å². The maximum Gasteiger partial charge on any atom is 0.149 e. The molecular formula is C16H26F2N2O. The Labute approximate surface area is 126 Å². The molecule has 0 aliphatic rings. The molecule has 0 bridgehead atoms. The quantitative estimate of drug-likeness (QED) is 0.847. The third kappa shape index (κ3) is 5.25. The lowest BCUT2D eigenvalue weighted by atomic mass is 10.1. The van der Waals surface area contributed by atoms with Gasteiger partial charge >= 0.3 is 0 Å². The first-order chi connectivity index (χ1) is 9.65. The summed E-state index contributed by atoms with van der Waals surface area (Å²) < 4.78 is 28.5. The van der Waals surface area contributed by atoms with E-state index in [1.54, 1.807) is 0 Å². The zero-order valence-corrected chi connectivity index (χ0v) is 13.5. The number of hydrogen-bond acceptors (Lipinski definition) is 3. The van der Waals surface area contributed by atoms with Crippen LogP contribution in [0.15, 0.2) is 12.1 Å². The molecule has 2 N–H and O–H groups in total. The summed E-state index contributed by atoms with van der Waals surface area (Å²) in [6, 6.07) is 2.60. The van der Waals surface area contributed by atoms with Crippen LogP contribution in [0.2, 0.25) is 0 Å². The number of nitrogens with zero attached hydrogens (tertiary/aromatic N) is 1. The van der Waals surface area contributed by atoms with Gasteiger partial charge in [0.1, 0.15) is 17.3 Å². The lowest BCUT2D eigenvalue weighted by molar-refractivity contribution is 0.298. The molecule has 120 valence electrons. The van der Waals surface area contributed by atoms with E-state index in [0.717, 1.165) is 0 Å². The van der Waals surface area contributed by atoms with Gasteiger partial charge in [-0.25, -0.2) is 8.78 Å². The van der Waals surface area contributed by atoms with Crippen molar-refractivity contribution < 1.29 is 13.9 Å². The number of hydrogen-bond donors (Lipinski definition) is 2. The van der Waals surface area contributed by atoms with Crippen LogP contribution in [0.4, 0.5) is 14.5 Å². The Bertz CT molecular complexity index is 447. The van der Waals surface area contributed by atoms with Crippen LogP contribution in [0.1, 0.15) is 40.2 Å². The molecule has 0 atom stereocenters. The number of rotatable bonds is 6. The molecule has 0 heterocycles. The smallest absolute Gasteiger partial charge is 0.149 e. The summed E-state index contributed by atoms with van der Waals surface area (Å²) in [5, 5.41) is 12.3. The van der Waals surface area contributed by atoms with E-state index in [9.17, 15) is 8.78 Å². The zero-order chi connectivity index (χ0) is 16.2. The first-order valence-corrected chi connectivity index (χ1v) is 7.26. The molecule has 0 spiro atoms. The van der Waals surface area contributed by atoms with Crippen molar-refractivity contribution >= 4 is 5.69 Å². The second-order valence-electron chi connectivity index (χ2n) is 6.52. The first-order valence-electron chi connectivity index (χ1n) is 7.26. The zero-order valence-electron chi connectivity index (χ0n) is 13.5. The van der Waals surface area contributed by atoms with E-state index in [1.807, 2.05) is 34.6 Å². The molecule has 0 aromatic heterocycles. The fraction of sp³-hybridized carbons (Fsp3) is 0.625. The SMILES string of the molecule is CC(C)N(CCO)c1c(F)cc(CNC(C)(C)C)cc1F. The van der Waals surface area contributed by atoms with E-state index in [-0.39, 0.29) is 30.4 Å². The molecule has 0 saturated heterocycles. The van der Waals surface area contributed by atoms with Gasteiger partial charge in [0.05, 0.1) is 6.61 Å². The van der Waals surface area contributed by atoms with Gasteiger partial charge in [-0.1, -0.05) is 0 Å². The van der Waals surface area contributed by atoms with Gasteiger partial charge in [-0.05, 0) is 52.3 Å². The molecule has 1 rings (SSSR count). The highest BCUT2D eigenvalue weighted by molar-refractivity contribution is 5.51. The van der Waals surface area contributed by atoms with Crippen molar-refractivity contribution in [1.29, 1.82) is 0 Å².